The zero-order valence-electron chi connectivity index (χ0n) is 14.5. The van der Waals surface area contributed by atoms with Crippen molar-refractivity contribution in [1.82, 2.24) is 0 Å². The molecule has 0 spiro atoms. The van der Waals surface area contributed by atoms with Gasteiger partial charge in [0.05, 0.1) is 11.1 Å². The lowest BCUT2D eigenvalue weighted by Gasteiger charge is -2.34. The van der Waals surface area contributed by atoms with Gasteiger partial charge in [0, 0.05) is 17.4 Å². The molecule has 3 aliphatic rings. The number of rotatable bonds is 2. The Kier molecular flexibility index (Phi) is 3.54. The van der Waals surface area contributed by atoms with Crippen molar-refractivity contribution < 1.29 is 14.3 Å². The molecule has 2 aromatic rings. The second kappa shape index (κ2) is 6.06. The lowest BCUT2D eigenvalue weighted by molar-refractivity contribution is -0.151. The second-order valence-electron chi connectivity index (χ2n) is 6.82. The molecule has 130 valence electrons. The molecule has 0 bridgehead atoms. The molecular formula is C24H16O3. The average molecular weight is 352 g/mol. The maximum absolute atomic E-state index is 12.7. The van der Waals surface area contributed by atoms with E-state index < -0.39 is 11.9 Å². The van der Waals surface area contributed by atoms with Crippen LogP contribution in [-0.2, 0) is 14.3 Å². The molecule has 0 aromatic heterocycles. The maximum atomic E-state index is 12.7. The van der Waals surface area contributed by atoms with Gasteiger partial charge < -0.3 is 4.74 Å². The van der Waals surface area contributed by atoms with Crippen LogP contribution in [0.1, 0.15) is 17.0 Å². The highest BCUT2D eigenvalue weighted by Gasteiger charge is 2.47. The molecule has 0 radical (unpaired) electrons. The predicted molar refractivity (Wildman–Crippen MR) is 102 cm³/mol. The quantitative estimate of drug-likeness (QED) is 0.596. The summed E-state index contributed by atoms with van der Waals surface area (Å²) in [5.41, 5.74) is 4.65. The average Bonchev–Trinajstić information content (AvgIpc) is 3.01. The molecule has 2 aromatic carbocycles. The fraction of sp³-hybridized carbons (Fsp3) is 0.0833. The molecule has 0 saturated heterocycles. The summed E-state index contributed by atoms with van der Waals surface area (Å²) in [7, 11) is 0. The molecule has 5 rings (SSSR count). The Balaban J connectivity index is 1.83. The summed E-state index contributed by atoms with van der Waals surface area (Å²) in [5.74, 6) is -1.34. The summed E-state index contributed by atoms with van der Waals surface area (Å²) in [6.07, 6.45) is 8.13. The van der Waals surface area contributed by atoms with Gasteiger partial charge in [-0.2, -0.15) is 0 Å². The van der Waals surface area contributed by atoms with E-state index in [-0.39, 0.29) is 11.8 Å². The van der Waals surface area contributed by atoms with Gasteiger partial charge in [-0.1, -0.05) is 85.0 Å². The summed E-state index contributed by atoms with van der Waals surface area (Å²) in [5, 5.41) is 0. The smallest absolute Gasteiger partial charge is 0.347 e. The first kappa shape index (κ1) is 15.8. The van der Waals surface area contributed by atoms with Crippen LogP contribution in [0.15, 0.2) is 102 Å². The highest BCUT2D eigenvalue weighted by molar-refractivity contribution is 6.23. The molecule has 0 unspecified atom stereocenters. The van der Waals surface area contributed by atoms with E-state index in [1.165, 1.54) is 0 Å². The van der Waals surface area contributed by atoms with Crippen LogP contribution < -0.4 is 0 Å². The number of benzene rings is 2. The van der Waals surface area contributed by atoms with E-state index in [0.29, 0.717) is 11.1 Å². The number of carbonyl (C=O) groups is 2. The van der Waals surface area contributed by atoms with Gasteiger partial charge in [0.2, 0.25) is 0 Å². The summed E-state index contributed by atoms with van der Waals surface area (Å²) in [6, 6.07) is 19.6. The number of cyclic esters (lactones) is 2. The van der Waals surface area contributed by atoms with Crippen LogP contribution in [0.3, 0.4) is 0 Å². The van der Waals surface area contributed by atoms with Crippen LogP contribution in [0.4, 0.5) is 0 Å². The van der Waals surface area contributed by atoms with E-state index in [4.69, 9.17) is 4.74 Å². The Hall–Kier alpha value is -3.46. The minimum atomic E-state index is -0.552. The SMILES string of the molecule is O=C1OC(=O)C2=C1C(c1ccccc1)=C1C=CC=C[C@H]1[C@H]2c1ccccc1. The lowest BCUT2D eigenvalue weighted by atomic mass is 9.67. The number of carbonyl (C=O) groups excluding carboxylic acids is 2. The molecule has 1 heterocycles. The first-order valence-electron chi connectivity index (χ1n) is 8.96. The third-order valence-corrected chi connectivity index (χ3v) is 5.37. The molecule has 0 amide bonds. The predicted octanol–water partition coefficient (Wildman–Crippen LogP) is 4.36. The lowest BCUT2D eigenvalue weighted by Crippen LogP contribution is -2.25. The third-order valence-electron chi connectivity index (χ3n) is 5.37. The van der Waals surface area contributed by atoms with Gasteiger partial charge >= 0.3 is 11.9 Å². The molecule has 0 saturated carbocycles. The third kappa shape index (κ3) is 2.36. The molecule has 3 heteroatoms. The number of allylic oxidation sites excluding steroid dienone is 5. The van der Waals surface area contributed by atoms with Gasteiger partial charge in [0.1, 0.15) is 0 Å². The Morgan fingerprint density at radius 3 is 2.19 bits per heavy atom. The number of hydrogen-bond donors (Lipinski definition) is 0. The van der Waals surface area contributed by atoms with Crippen molar-refractivity contribution in [3.05, 3.63) is 113 Å². The van der Waals surface area contributed by atoms with Crippen LogP contribution >= 0.6 is 0 Å². The first-order valence-corrected chi connectivity index (χ1v) is 8.96. The summed E-state index contributed by atoms with van der Waals surface area (Å²) in [6.45, 7) is 0. The second-order valence-corrected chi connectivity index (χ2v) is 6.82. The van der Waals surface area contributed by atoms with Gasteiger partial charge in [0.15, 0.2) is 0 Å². The molecule has 3 nitrogen and oxygen atoms in total. The van der Waals surface area contributed by atoms with Crippen LogP contribution in [0.5, 0.6) is 0 Å². The summed E-state index contributed by atoms with van der Waals surface area (Å²) >= 11 is 0. The van der Waals surface area contributed by atoms with Gasteiger partial charge in [-0.15, -0.1) is 0 Å². The monoisotopic (exact) mass is 352 g/mol. The number of hydrogen-bond acceptors (Lipinski definition) is 3. The van der Waals surface area contributed by atoms with Crippen LogP contribution in [0, 0.1) is 5.92 Å². The molecular weight excluding hydrogens is 336 g/mol. The molecule has 2 aliphatic carbocycles. The van der Waals surface area contributed by atoms with Gasteiger partial charge in [-0.3, -0.25) is 0 Å². The largest absolute Gasteiger partial charge is 0.386 e. The Bertz CT molecular complexity index is 1070. The Morgan fingerprint density at radius 1 is 0.741 bits per heavy atom. The zero-order chi connectivity index (χ0) is 18.4. The zero-order valence-corrected chi connectivity index (χ0v) is 14.5. The molecule has 0 fully saturated rings. The topological polar surface area (TPSA) is 43.4 Å². The van der Waals surface area contributed by atoms with Crippen LogP contribution in [-0.4, -0.2) is 11.9 Å². The van der Waals surface area contributed by atoms with E-state index >= 15 is 0 Å². The molecule has 2 atom stereocenters. The first-order chi connectivity index (χ1) is 13.3. The van der Waals surface area contributed by atoms with Gasteiger partial charge in [-0.25, -0.2) is 9.59 Å². The van der Waals surface area contributed by atoms with Crippen LogP contribution in [0.25, 0.3) is 5.57 Å². The fourth-order valence-corrected chi connectivity index (χ4v) is 4.29. The minimum absolute atomic E-state index is 0.0233. The van der Waals surface area contributed by atoms with Crippen molar-refractivity contribution in [2.75, 3.05) is 0 Å². The Labute approximate surface area is 157 Å². The standard InChI is InChI=1S/C24H16O3/c25-23-21-19(15-9-3-1-4-10-15)17-13-7-8-14-18(17)20(22(21)24(26)27-23)16-11-5-2-6-12-16/h1-14,17,19H/t17-,19-/m1/s1. The summed E-state index contributed by atoms with van der Waals surface area (Å²) < 4.78 is 5.08. The number of esters is 2. The van der Waals surface area contributed by atoms with Crippen LogP contribution in [0.2, 0.25) is 0 Å². The van der Waals surface area contributed by atoms with E-state index in [2.05, 4.69) is 6.08 Å². The highest BCUT2D eigenvalue weighted by atomic mass is 16.6. The fourth-order valence-electron chi connectivity index (χ4n) is 4.29. The van der Waals surface area contributed by atoms with Gasteiger partial charge in [0.25, 0.3) is 0 Å². The minimum Gasteiger partial charge on any atom is -0.386 e. The van der Waals surface area contributed by atoms with E-state index in [9.17, 15) is 9.59 Å². The van der Waals surface area contributed by atoms with Crippen molar-refractivity contribution in [3.8, 4) is 0 Å². The molecule has 27 heavy (non-hydrogen) atoms. The van der Waals surface area contributed by atoms with Crippen molar-refractivity contribution in [3.63, 3.8) is 0 Å². The normalized spacial score (nSPS) is 23.4. The highest BCUT2D eigenvalue weighted by Crippen LogP contribution is 2.52. The van der Waals surface area contributed by atoms with Crippen molar-refractivity contribution in [2.24, 2.45) is 5.92 Å². The van der Waals surface area contributed by atoms with Gasteiger partial charge in [-0.05, 0) is 16.7 Å². The van der Waals surface area contributed by atoms with E-state index in [1.807, 2.05) is 78.9 Å². The number of fused-ring (bicyclic) bond motifs is 1. The van der Waals surface area contributed by atoms with Crippen molar-refractivity contribution in [1.29, 1.82) is 0 Å². The van der Waals surface area contributed by atoms with Crippen molar-refractivity contribution in [2.45, 2.75) is 5.92 Å². The van der Waals surface area contributed by atoms with Crippen molar-refractivity contribution >= 4 is 17.5 Å². The summed E-state index contributed by atoms with van der Waals surface area (Å²) in [4.78, 5) is 25.4. The molecule has 0 N–H and O–H groups in total. The molecule has 1 aliphatic heterocycles. The Morgan fingerprint density at radius 2 is 1.44 bits per heavy atom. The van der Waals surface area contributed by atoms with E-state index in [0.717, 1.165) is 22.3 Å². The van der Waals surface area contributed by atoms with E-state index in [1.54, 1.807) is 0 Å². The maximum Gasteiger partial charge on any atom is 0.347 e. The number of ether oxygens (including phenoxy) is 1.